The molecular formula is C13H17ClN2O5. The Bertz CT molecular complexity index is 532. The molecule has 1 amide bonds. The number of hydrogen-bond acceptors (Lipinski definition) is 5. The van der Waals surface area contributed by atoms with Gasteiger partial charge in [0.15, 0.2) is 0 Å². The van der Waals surface area contributed by atoms with Crippen molar-refractivity contribution in [3.63, 3.8) is 0 Å². The van der Waals surface area contributed by atoms with Crippen LogP contribution in [-0.4, -0.2) is 43.9 Å². The lowest BCUT2D eigenvalue weighted by molar-refractivity contribution is -0.118. The molecule has 21 heavy (non-hydrogen) atoms. The van der Waals surface area contributed by atoms with Gasteiger partial charge in [-0.15, -0.1) is 0 Å². The van der Waals surface area contributed by atoms with E-state index >= 15 is 0 Å². The maximum absolute atomic E-state index is 11.8. The Morgan fingerprint density at radius 2 is 2.10 bits per heavy atom. The predicted molar refractivity (Wildman–Crippen MR) is 78.1 cm³/mol. The standard InChI is InChI=1S/C13H17ClN2O5/c1-20-7(6-15)3-12(17)16-10-5-11(21-2)8(13(18)19)4-9(10)14/h4-5,7H,3,6,15H2,1-2H3,(H,16,17)(H,18,19). The van der Waals surface area contributed by atoms with Crippen molar-refractivity contribution in [1.82, 2.24) is 0 Å². The van der Waals surface area contributed by atoms with Gasteiger partial charge in [-0.25, -0.2) is 4.79 Å². The van der Waals surface area contributed by atoms with E-state index in [1.807, 2.05) is 0 Å². The van der Waals surface area contributed by atoms with E-state index in [0.29, 0.717) is 0 Å². The normalized spacial score (nSPS) is 11.8. The van der Waals surface area contributed by atoms with Crippen LogP contribution < -0.4 is 15.8 Å². The van der Waals surface area contributed by atoms with E-state index in [-0.39, 0.29) is 40.9 Å². The monoisotopic (exact) mass is 316 g/mol. The molecule has 1 atom stereocenters. The maximum Gasteiger partial charge on any atom is 0.339 e. The number of nitrogens with one attached hydrogen (secondary N) is 1. The fourth-order valence-corrected chi connectivity index (χ4v) is 1.87. The van der Waals surface area contributed by atoms with Gasteiger partial charge in [0.05, 0.1) is 30.3 Å². The summed E-state index contributed by atoms with van der Waals surface area (Å²) >= 11 is 5.96. The van der Waals surface area contributed by atoms with Crippen LogP contribution in [0.4, 0.5) is 5.69 Å². The summed E-state index contributed by atoms with van der Waals surface area (Å²) in [6.07, 6.45) is -0.337. The van der Waals surface area contributed by atoms with Crippen LogP contribution in [0.3, 0.4) is 0 Å². The van der Waals surface area contributed by atoms with Gasteiger partial charge in [0.2, 0.25) is 5.91 Å². The van der Waals surface area contributed by atoms with Gasteiger partial charge in [-0.2, -0.15) is 0 Å². The third-order valence-corrected chi connectivity index (χ3v) is 3.12. The smallest absolute Gasteiger partial charge is 0.339 e. The van der Waals surface area contributed by atoms with Gasteiger partial charge >= 0.3 is 5.97 Å². The number of carbonyl (C=O) groups is 2. The van der Waals surface area contributed by atoms with Crippen molar-refractivity contribution < 1.29 is 24.2 Å². The Kier molecular flexibility index (Phi) is 6.41. The molecule has 0 aliphatic carbocycles. The molecular weight excluding hydrogens is 300 g/mol. The molecule has 0 fully saturated rings. The number of halogens is 1. The number of amides is 1. The van der Waals surface area contributed by atoms with Crippen molar-refractivity contribution in [2.75, 3.05) is 26.1 Å². The molecule has 0 heterocycles. The molecule has 0 aromatic heterocycles. The van der Waals surface area contributed by atoms with E-state index in [2.05, 4.69) is 5.32 Å². The summed E-state index contributed by atoms with van der Waals surface area (Å²) in [6, 6.07) is 2.57. The lowest BCUT2D eigenvalue weighted by Gasteiger charge is -2.14. The number of rotatable bonds is 7. The largest absolute Gasteiger partial charge is 0.496 e. The molecule has 4 N–H and O–H groups in total. The number of methoxy groups -OCH3 is 2. The zero-order valence-electron chi connectivity index (χ0n) is 11.7. The Morgan fingerprint density at radius 3 is 2.57 bits per heavy atom. The number of anilines is 1. The van der Waals surface area contributed by atoms with Crippen LogP contribution in [0.2, 0.25) is 5.02 Å². The molecule has 0 radical (unpaired) electrons. The first-order valence-electron chi connectivity index (χ1n) is 6.06. The van der Waals surface area contributed by atoms with E-state index in [9.17, 15) is 9.59 Å². The minimum Gasteiger partial charge on any atom is -0.496 e. The lowest BCUT2D eigenvalue weighted by Crippen LogP contribution is -2.28. The number of carboxylic acids is 1. The van der Waals surface area contributed by atoms with Crippen LogP contribution in [0.25, 0.3) is 0 Å². The third-order valence-electron chi connectivity index (χ3n) is 2.80. The highest BCUT2D eigenvalue weighted by atomic mass is 35.5. The van der Waals surface area contributed by atoms with Gasteiger partial charge in [0.1, 0.15) is 11.3 Å². The van der Waals surface area contributed by atoms with Crippen molar-refractivity contribution in [2.45, 2.75) is 12.5 Å². The first-order valence-corrected chi connectivity index (χ1v) is 6.44. The molecule has 1 rings (SSSR count). The van der Waals surface area contributed by atoms with Crippen LogP contribution in [-0.2, 0) is 9.53 Å². The number of nitrogens with two attached hydrogens (primary N) is 1. The van der Waals surface area contributed by atoms with Crippen LogP contribution in [0, 0.1) is 0 Å². The molecule has 1 aromatic carbocycles. The summed E-state index contributed by atoms with van der Waals surface area (Å²) in [4.78, 5) is 22.9. The first kappa shape index (κ1) is 17.2. The molecule has 0 bridgehead atoms. The number of carbonyl (C=O) groups excluding carboxylic acids is 1. The molecule has 0 aliphatic heterocycles. The Morgan fingerprint density at radius 1 is 1.43 bits per heavy atom. The quantitative estimate of drug-likeness (QED) is 0.700. The van der Waals surface area contributed by atoms with Crippen molar-refractivity contribution in [3.8, 4) is 5.75 Å². The molecule has 1 unspecified atom stereocenters. The first-order chi connectivity index (χ1) is 9.92. The van der Waals surface area contributed by atoms with Crippen LogP contribution in [0.5, 0.6) is 5.75 Å². The second-order valence-electron chi connectivity index (χ2n) is 4.18. The van der Waals surface area contributed by atoms with Gasteiger partial charge in [-0.05, 0) is 6.07 Å². The fourth-order valence-electron chi connectivity index (χ4n) is 1.66. The van der Waals surface area contributed by atoms with E-state index < -0.39 is 12.1 Å². The summed E-state index contributed by atoms with van der Waals surface area (Å²) in [7, 11) is 2.79. The van der Waals surface area contributed by atoms with E-state index in [1.54, 1.807) is 0 Å². The van der Waals surface area contributed by atoms with Crippen LogP contribution >= 0.6 is 11.6 Å². The lowest BCUT2D eigenvalue weighted by atomic mass is 10.1. The summed E-state index contributed by atoms with van der Waals surface area (Å²) in [5.74, 6) is -1.42. The van der Waals surface area contributed by atoms with Crippen LogP contribution in [0.1, 0.15) is 16.8 Å². The minimum atomic E-state index is -1.17. The molecule has 8 heteroatoms. The molecule has 0 saturated carbocycles. The Hall–Kier alpha value is -1.83. The number of aromatic carboxylic acids is 1. The number of carboxylic acid groups (broad SMARTS) is 1. The number of ether oxygens (including phenoxy) is 2. The molecule has 0 spiro atoms. The average Bonchev–Trinajstić information content (AvgIpc) is 2.46. The fraction of sp³-hybridized carbons (Fsp3) is 0.385. The summed E-state index contributed by atoms with van der Waals surface area (Å²) in [5, 5.41) is 11.7. The van der Waals surface area contributed by atoms with E-state index in [1.165, 1.54) is 26.4 Å². The second kappa shape index (κ2) is 7.82. The SMILES string of the molecule is COc1cc(NC(=O)CC(CN)OC)c(Cl)cc1C(=O)O. The number of benzene rings is 1. The zero-order valence-corrected chi connectivity index (χ0v) is 12.4. The highest BCUT2D eigenvalue weighted by Gasteiger charge is 2.17. The molecule has 7 nitrogen and oxygen atoms in total. The zero-order chi connectivity index (χ0) is 16.0. The predicted octanol–water partition coefficient (Wildman–Crippen LogP) is 1.35. The highest BCUT2D eigenvalue weighted by molar-refractivity contribution is 6.34. The Balaban J connectivity index is 2.93. The Labute approximate surface area is 127 Å². The topological polar surface area (TPSA) is 111 Å². The van der Waals surface area contributed by atoms with Gasteiger partial charge < -0.3 is 25.6 Å². The second-order valence-corrected chi connectivity index (χ2v) is 4.59. The van der Waals surface area contributed by atoms with Crippen molar-refractivity contribution in [1.29, 1.82) is 0 Å². The summed E-state index contributed by atoms with van der Waals surface area (Å²) in [5.41, 5.74) is 5.61. The van der Waals surface area contributed by atoms with Gasteiger partial charge in [0, 0.05) is 19.7 Å². The third kappa shape index (κ3) is 4.59. The molecule has 0 aliphatic rings. The summed E-state index contributed by atoms with van der Waals surface area (Å²) in [6.45, 7) is 0.207. The summed E-state index contributed by atoms with van der Waals surface area (Å²) < 4.78 is 9.98. The molecule has 0 saturated heterocycles. The van der Waals surface area contributed by atoms with Gasteiger partial charge in [0.25, 0.3) is 0 Å². The average molecular weight is 317 g/mol. The van der Waals surface area contributed by atoms with Crippen molar-refractivity contribution in [2.24, 2.45) is 5.73 Å². The number of hydrogen-bond donors (Lipinski definition) is 3. The molecule has 116 valence electrons. The van der Waals surface area contributed by atoms with Gasteiger partial charge in [-0.3, -0.25) is 4.79 Å². The van der Waals surface area contributed by atoms with Crippen LogP contribution in [0.15, 0.2) is 12.1 Å². The van der Waals surface area contributed by atoms with E-state index in [4.69, 9.17) is 31.9 Å². The maximum atomic E-state index is 11.8. The minimum absolute atomic E-state index is 0.0618. The van der Waals surface area contributed by atoms with Crippen molar-refractivity contribution in [3.05, 3.63) is 22.7 Å². The van der Waals surface area contributed by atoms with Crippen molar-refractivity contribution >= 4 is 29.2 Å². The van der Waals surface area contributed by atoms with Gasteiger partial charge in [-0.1, -0.05) is 11.6 Å². The van der Waals surface area contributed by atoms with E-state index in [0.717, 1.165) is 0 Å². The molecule has 1 aromatic rings. The highest BCUT2D eigenvalue weighted by Crippen LogP contribution is 2.31.